The Balaban J connectivity index is 0. The average Bonchev–Trinajstić information content (AvgIpc) is 2.42. The monoisotopic (exact) mass is 452 g/mol. The quantitative estimate of drug-likeness (QED) is 0.388. The lowest BCUT2D eigenvalue weighted by Crippen LogP contribution is -2.68. The largest absolute Gasteiger partial charge is 0.460 e. The summed E-state index contributed by atoms with van der Waals surface area (Å²) in [6.45, 7) is -3.67. The Bertz CT molecular complexity index is 430. The second-order valence-corrected chi connectivity index (χ2v) is 4.61. The van der Waals surface area contributed by atoms with Crippen LogP contribution in [0.4, 0.5) is 70.2 Å². The van der Waals surface area contributed by atoms with E-state index >= 15 is 0 Å². The maximum absolute atomic E-state index is 12.8. The van der Waals surface area contributed by atoms with Gasteiger partial charge in [0.1, 0.15) is 0 Å². The number of rotatable bonds is 6. The molecule has 0 saturated carbocycles. The van der Waals surface area contributed by atoms with Crippen molar-refractivity contribution >= 4 is 12.0 Å². The molecule has 0 heterocycles. The highest BCUT2D eigenvalue weighted by Crippen LogP contribution is 2.58. The fourth-order valence-corrected chi connectivity index (χ4v) is 1.25. The third kappa shape index (κ3) is 5.13. The van der Waals surface area contributed by atoms with E-state index in [2.05, 4.69) is 0 Å². The molecule has 0 spiro atoms. The van der Waals surface area contributed by atoms with Crippen LogP contribution >= 0.6 is 12.0 Å². The van der Waals surface area contributed by atoms with Crippen LogP contribution in [0.1, 0.15) is 0 Å². The van der Waals surface area contributed by atoms with Gasteiger partial charge >= 0.3 is 36.5 Å². The molecule has 0 aliphatic carbocycles. The number of hydrogen-bond donors (Lipinski definition) is 1. The fraction of sp³-hybridized carbons (Fsp3) is 1.00. The highest BCUT2D eigenvalue weighted by molar-refractivity contribution is 7.94. The van der Waals surface area contributed by atoms with Gasteiger partial charge in [-0.3, -0.25) is 0 Å². The molecule has 0 aromatic carbocycles. The van der Waals surface area contributed by atoms with Crippen LogP contribution in [0.15, 0.2) is 0 Å². The Morgan fingerprint density at radius 2 is 0.885 bits per heavy atom. The lowest BCUT2D eigenvalue weighted by Gasteiger charge is -2.38. The van der Waals surface area contributed by atoms with Crippen LogP contribution in [-0.4, -0.2) is 52.8 Å². The van der Waals surface area contributed by atoms with Crippen molar-refractivity contribution in [2.45, 2.75) is 48.2 Å². The van der Waals surface area contributed by atoms with Crippen molar-refractivity contribution in [3.63, 3.8) is 0 Å². The zero-order valence-electron chi connectivity index (χ0n) is 11.1. The summed E-state index contributed by atoms with van der Waals surface area (Å²) in [6.07, 6.45) is -12.4. The van der Waals surface area contributed by atoms with Crippen LogP contribution in [0.5, 0.6) is 0 Å². The van der Waals surface area contributed by atoms with E-state index in [0.717, 1.165) is 0 Å². The van der Waals surface area contributed by atoms with Crippen molar-refractivity contribution in [2.75, 3.05) is 0 Å². The Labute approximate surface area is 136 Å². The van der Waals surface area contributed by atoms with E-state index in [-0.39, 0.29) is 0 Å². The topological polar surface area (TPSA) is 20.2 Å². The van der Waals surface area contributed by atoms with Crippen LogP contribution in [0.2, 0.25) is 0 Å². The van der Waals surface area contributed by atoms with Gasteiger partial charge in [-0.2, -0.15) is 61.5 Å². The summed E-state index contributed by atoms with van der Waals surface area (Å²) in [7, 11) is 0. The van der Waals surface area contributed by atoms with Crippen molar-refractivity contribution in [1.29, 1.82) is 0 Å². The molecule has 0 rings (SSSR count). The van der Waals surface area contributed by atoms with E-state index < -0.39 is 60.3 Å². The smallest absolute Gasteiger partial charge is 0.328 e. The van der Waals surface area contributed by atoms with Gasteiger partial charge in [-0.05, 0) is 0 Å². The van der Waals surface area contributed by atoms with Gasteiger partial charge in [-0.25, -0.2) is 8.78 Å². The molecule has 18 heteroatoms. The van der Waals surface area contributed by atoms with Crippen LogP contribution in [0.3, 0.4) is 0 Å². The molecule has 160 valence electrons. The summed E-state index contributed by atoms with van der Waals surface area (Å²) >= 11 is -1.51. The van der Waals surface area contributed by atoms with E-state index in [1.165, 1.54) is 0 Å². The highest BCUT2D eigenvalue weighted by Gasteiger charge is 2.88. The molecule has 0 bridgehead atoms. The summed E-state index contributed by atoms with van der Waals surface area (Å²) in [6, 6.07) is 0. The molecule has 0 radical (unpaired) electrons. The number of alkyl halides is 16. The minimum absolute atomic E-state index is 1.51. The van der Waals surface area contributed by atoms with Crippen LogP contribution in [-0.2, 0) is 0 Å². The van der Waals surface area contributed by atoms with Gasteiger partial charge in [-0.1, -0.05) is 0 Å². The van der Waals surface area contributed by atoms with Crippen LogP contribution in [0.25, 0.3) is 0 Å². The molecular weight excluding hydrogens is 448 g/mol. The maximum atomic E-state index is 12.8. The van der Waals surface area contributed by atoms with Crippen molar-refractivity contribution in [3.05, 3.63) is 0 Å². The standard InChI is InChI=1S/C7H3F13OS.CHF3/c8-1(2(9)22-21)3(10,11)4(12,13)5(14,15)6(16,17)7(18,19)20;2-1(3)4/h1-2,21H;1H. The first-order valence-electron chi connectivity index (χ1n) is 5.21. The molecule has 2 unspecified atom stereocenters. The van der Waals surface area contributed by atoms with E-state index in [4.69, 9.17) is 4.55 Å². The molecule has 1 nitrogen and oxygen atoms in total. The first-order valence-corrected chi connectivity index (χ1v) is 6.05. The predicted molar refractivity (Wildman–Crippen MR) is 53.0 cm³/mol. The zero-order valence-corrected chi connectivity index (χ0v) is 12.0. The van der Waals surface area contributed by atoms with Gasteiger partial charge in [0.15, 0.2) is 0 Å². The Morgan fingerprint density at radius 1 is 0.577 bits per heavy atom. The third-order valence-corrected chi connectivity index (χ3v) is 2.68. The normalized spacial score (nSPS) is 16.8. The van der Waals surface area contributed by atoms with Crippen molar-refractivity contribution in [1.82, 2.24) is 0 Å². The van der Waals surface area contributed by atoms with E-state index in [0.29, 0.717) is 0 Å². The van der Waals surface area contributed by atoms with Crippen molar-refractivity contribution in [3.8, 4) is 0 Å². The molecule has 2 atom stereocenters. The summed E-state index contributed by atoms with van der Waals surface area (Å²) in [5, 5.41) is 0. The first kappa shape index (κ1) is 27.4. The molecular formula is C8H4F16OS. The minimum atomic E-state index is -7.81. The van der Waals surface area contributed by atoms with Gasteiger partial charge in [0.05, 0.1) is 0 Å². The van der Waals surface area contributed by atoms with Gasteiger partial charge in [0, 0.05) is 12.0 Å². The molecule has 0 aliphatic heterocycles. The number of halogens is 16. The van der Waals surface area contributed by atoms with E-state index in [1.807, 2.05) is 0 Å². The molecule has 0 aromatic rings. The first-order chi connectivity index (χ1) is 11.1. The molecule has 0 amide bonds. The Kier molecular flexibility index (Phi) is 8.93. The maximum Gasteiger partial charge on any atom is 0.460 e. The lowest BCUT2D eigenvalue weighted by molar-refractivity contribution is -0.427. The van der Waals surface area contributed by atoms with Crippen LogP contribution < -0.4 is 0 Å². The fourth-order valence-electron chi connectivity index (χ4n) is 0.976. The van der Waals surface area contributed by atoms with Gasteiger partial charge < -0.3 is 4.55 Å². The minimum Gasteiger partial charge on any atom is -0.328 e. The summed E-state index contributed by atoms with van der Waals surface area (Å²) in [5.74, 6) is -30.1. The van der Waals surface area contributed by atoms with Crippen molar-refractivity contribution in [2.24, 2.45) is 0 Å². The SMILES string of the molecule is FC(F)F.OSC(F)C(F)C(F)(F)C(F)(F)C(F)(F)C(F)(F)C(F)(F)F. The predicted octanol–water partition coefficient (Wildman–Crippen LogP) is 6.11. The summed E-state index contributed by atoms with van der Waals surface area (Å²) in [4.78, 5) is 0. The molecule has 26 heavy (non-hydrogen) atoms. The Morgan fingerprint density at radius 3 is 1.12 bits per heavy atom. The summed E-state index contributed by atoms with van der Waals surface area (Å²) in [5.41, 5.74) is -4.02. The van der Waals surface area contributed by atoms with E-state index in [9.17, 15) is 70.2 Å². The second kappa shape index (κ2) is 8.47. The second-order valence-electron chi connectivity index (χ2n) is 3.95. The third-order valence-electron chi connectivity index (χ3n) is 2.24. The lowest BCUT2D eigenvalue weighted by atomic mass is 9.95. The molecule has 0 saturated heterocycles. The molecule has 0 fully saturated rings. The molecule has 0 aliphatic rings. The molecule has 0 aromatic heterocycles. The Hall–Kier alpha value is -0.810. The average molecular weight is 452 g/mol. The number of hydrogen-bond acceptors (Lipinski definition) is 2. The van der Waals surface area contributed by atoms with E-state index in [1.54, 1.807) is 0 Å². The molecule has 1 N–H and O–H groups in total. The van der Waals surface area contributed by atoms with Crippen molar-refractivity contribution < 1.29 is 74.8 Å². The zero-order chi connectivity index (χ0) is 21.9. The highest BCUT2D eigenvalue weighted by atomic mass is 32.2. The summed E-state index contributed by atoms with van der Waals surface area (Å²) < 4.78 is 198. The van der Waals surface area contributed by atoms with Gasteiger partial charge in [0.25, 0.3) is 0 Å². The van der Waals surface area contributed by atoms with Crippen LogP contribution in [0, 0.1) is 0 Å². The van der Waals surface area contributed by atoms with Gasteiger partial charge in [0.2, 0.25) is 11.7 Å². The van der Waals surface area contributed by atoms with Gasteiger partial charge in [-0.15, -0.1) is 0 Å².